The van der Waals surface area contributed by atoms with E-state index in [0.717, 1.165) is 11.3 Å². The van der Waals surface area contributed by atoms with Gasteiger partial charge in [-0.3, -0.25) is 4.79 Å². The number of rotatable bonds is 2. The van der Waals surface area contributed by atoms with Crippen molar-refractivity contribution in [1.29, 1.82) is 0 Å². The van der Waals surface area contributed by atoms with E-state index in [9.17, 15) is 9.59 Å². The maximum Gasteiger partial charge on any atom is 0.407 e. The first-order valence-corrected chi connectivity index (χ1v) is 6.93. The minimum absolute atomic E-state index is 0.197. The maximum absolute atomic E-state index is 12.4. The molecule has 6 nitrogen and oxygen atoms in total. The summed E-state index contributed by atoms with van der Waals surface area (Å²) in [6.45, 7) is 2.84. The van der Waals surface area contributed by atoms with E-state index in [1.165, 1.54) is 7.11 Å². The zero-order chi connectivity index (χ0) is 15.4. The molecule has 0 radical (unpaired) electrons. The van der Waals surface area contributed by atoms with E-state index in [1.54, 1.807) is 30.0 Å². The van der Waals surface area contributed by atoms with Crippen LogP contribution in [0.15, 0.2) is 18.2 Å². The fraction of sp³-hybridized carbons (Fsp3) is 0.429. The number of nitrogens with zero attached hydrogens (tertiary/aromatic N) is 1. The number of carbonyl (C=O) groups is 2. The second-order valence-electron chi connectivity index (χ2n) is 4.72. The Bertz CT molecular complexity index is 550. The molecule has 0 aromatic heterocycles. The maximum atomic E-state index is 12.4. The van der Waals surface area contributed by atoms with Crippen molar-refractivity contribution in [1.82, 2.24) is 10.2 Å². The van der Waals surface area contributed by atoms with Gasteiger partial charge in [0.05, 0.1) is 13.7 Å². The second kappa shape index (κ2) is 6.67. The molecule has 0 aliphatic carbocycles. The predicted molar refractivity (Wildman–Crippen MR) is 77.4 cm³/mol. The summed E-state index contributed by atoms with van der Waals surface area (Å²) in [5.74, 6) is 0.528. The molecule has 0 saturated heterocycles. The molecule has 1 aliphatic rings. The van der Waals surface area contributed by atoms with Gasteiger partial charge in [-0.2, -0.15) is 0 Å². The summed E-state index contributed by atoms with van der Waals surface area (Å²) in [7, 11) is 1.25. The molecule has 1 aliphatic heterocycles. The van der Waals surface area contributed by atoms with Crippen LogP contribution in [-0.2, 0) is 16.1 Å². The van der Waals surface area contributed by atoms with Crippen molar-refractivity contribution in [3.63, 3.8) is 0 Å². The number of hydrogen-bond acceptors (Lipinski definition) is 4. The van der Waals surface area contributed by atoms with Crippen LogP contribution in [0.1, 0.15) is 12.5 Å². The van der Waals surface area contributed by atoms with Crippen molar-refractivity contribution >= 4 is 23.6 Å². The summed E-state index contributed by atoms with van der Waals surface area (Å²) in [6.07, 6.45) is -0.634. The Balaban J connectivity index is 2.10. The van der Waals surface area contributed by atoms with Crippen molar-refractivity contribution in [3.05, 3.63) is 28.8 Å². The Labute approximate surface area is 128 Å². The average Bonchev–Trinajstić information content (AvgIpc) is 2.67. The van der Waals surface area contributed by atoms with Gasteiger partial charge in [0.25, 0.3) is 0 Å². The first kappa shape index (κ1) is 15.4. The fourth-order valence-electron chi connectivity index (χ4n) is 2.12. The van der Waals surface area contributed by atoms with E-state index < -0.39 is 12.1 Å². The Hall–Kier alpha value is -1.95. The number of methoxy groups -OCH3 is 1. The van der Waals surface area contributed by atoms with Crippen LogP contribution in [0.3, 0.4) is 0 Å². The lowest BCUT2D eigenvalue weighted by molar-refractivity contribution is -0.133. The highest BCUT2D eigenvalue weighted by Gasteiger charge is 2.25. The standard InChI is InChI=1S/C14H17ClN2O4/c1-9(16-14(19)20-2)13(18)17-5-6-21-12-4-3-11(15)7-10(12)8-17/h3-4,7,9H,5-6,8H2,1-2H3,(H,16,19)/t9-/m0/s1. The third-order valence-electron chi connectivity index (χ3n) is 3.20. The van der Waals surface area contributed by atoms with E-state index >= 15 is 0 Å². The molecular weight excluding hydrogens is 296 g/mol. The summed E-state index contributed by atoms with van der Waals surface area (Å²) in [4.78, 5) is 25.2. The molecule has 1 heterocycles. The predicted octanol–water partition coefficient (Wildman–Crippen LogP) is 1.81. The van der Waals surface area contributed by atoms with Crippen LogP contribution in [0, 0.1) is 0 Å². The Kier molecular flexibility index (Phi) is 4.90. The number of nitrogens with one attached hydrogen (secondary N) is 1. The molecule has 2 amide bonds. The van der Waals surface area contributed by atoms with Gasteiger partial charge in [-0.25, -0.2) is 4.79 Å². The summed E-state index contributed by atoms with van der Waals surface area (Å²) < 4.78 is 10.1. The second-order valence-corrected chi connectivity index (χ2v) is 5.15. The molecule has 1 atom stereocenters. The number of amides is 2. The van der Waals surface area contributed by atoms with Gasteiger partial charge in [-0.15, -0.1) is 0 Å². The van der Waals surface area contributed by atoms with Crippen LogP contribution >= 0.6 is 11.6 Å². The van der Waals surface area contributed by atoms with E-state index in [2.05, 4.69) is 10.1 Å². The third-order valence-corrected chi connectivity index (χ3v) is 3.44. The van der Waals surface area contributed by atoms with Crippen LogP contribution in [0.2, 0.25) is 5.02 Å². The van der Waals surface area contributed by atoms with Crippen LogP contribution in [0.5, 0.6) is 5.75 Å². The van der Waals surface area contributed by atoms with Gasteiger partial charge in [0.15, 0.2) is 0 Å². The summed E-state index contributed by atoms with van der Waals surface area (Å²) in [5.41, 5.74) is 0.846. The monoisotopic (exact) mass is 312 g/mol. The minimum atomic E-state index is -0.668. The fourth-order valence-corrected chi connectivity index (χ4v) is 2.32. The Morgan fingerprint density at radius 2 is 2.24 bits per heavy atom. The Morgan fingerprint density at radius 3 is 2.95 bits per heavy atom. The first-order valence-electron chi connectivity index (χ1n) is 6.55. The number of benzene rings is 1. The number of alkyl carbamates (subject to hydrolysis) is 1. The molecule has 7 heteroatoms. The number of ether oxygens (including phenoxy) is 2. The van der Waals surface area contributed by atoms with Gasteiger partial charge in [-0.05, 0) is 25.1 Å². The number of halogens is 1. The van der Waals surface area contributed by atoms with E-state index in [4.69, 9.17) is 16.3 Å². The molecule has 0 spiro atoms. The van der Waals surface area contributed by atoms with Gasteiger partial charge in [0.1, 0.15) is 18.4 Å². The molecule has 0 bridgehead atoms. The zero-order valence-corrected chi connectivity index (χ0v) is 12.6. The average molecular weight is 313 g/mol. The van der Waals surface area contributed by atoms with Gasteiger partial charge in [-0.1, -0.05) is 11.6 Å². The summed E-state index contributed by atoms with van der Waals surface area (Å²) >= 11 is 5.97. The summed E-state index contributed by atoms with van der Waals surface area (Å²) in [6, 6.07) is 4.65. The molecule has 1 aromatic carbocycles. The minimum Gasteiger partial charge on any atom is -0.491 e. The highest BCUT2D eigenvalue weighted by Crippen LogP contribution is 2.26. The summed E-state index contributed by atoms with van der Waals surface area (Å²) in [5, 5.41) is 3.05. The molecule has 1 aromatic rings. The van der Waals surface area contributed by atoms with Gasteiger partial charge in [0.2, 0.25) is 5.91 Å². The zero-order valence-electron chi connectivity index (χ0n) is 11.9. The van der Waals surface area contributed by atoms with E-state index in [1.807, 2.05) is 0 Å². The van der Waals surface area contributed by atoms with Gasteiger partial charge < -0.3 is 19.7 Å². The SMILES string of the molecule is COC(=O)N[C@@H](C)C(=O)N1CCOc2ccc(Cl)cc2C1. The molecular formula is C14H17ClN2O4. The van der Waals surface area contributed by atoms with Gasteiger partial charge >= 0.3 is 6.09 Å². The molecule has 2 rings (SSSR count). The molecule has 21 heavy (non-hydrogen) atoms. The van der Waals surface area contributed by atoms with Crippen LogP contribution in [-0.4, -0.2) is 43.2 Å². The lowest BCUT2D eigenvalue weighted by Crippen LogP contribution is -2.47. The third kappa shape index (κ3) is 3.78. The van der Waals surface area contributed by atoms with E-state index in [-0.39, 0.29) is 5.91 Å². The lowest BCUT2D eigenvalue weighted by Gasteiger charge is -2.23. The van der Waals surface area contributed by atoms with Crippen molar-refractivity contribution < 1.29 is 19.1 Å². The Morgan fingerprint density at radius 1 is 1.48 bits per heavy atom. The van der Waals surface area contributed by atoms with Crippen molar-refractivity contribution in [2.24, 2.45) is 0 Å². The first-order chi connectivity index (χ1) is 10.0. The lowest BCUT2D eigenvalue weighted by atomic mass is 10.2. The largest absolute Gasteiger partial charge is 0.491 e. The van der Waals surface area contributed by atoms with Crippen LogP contribution < -0.4 is 10.1 Å². The topological polar surface area (TPSA) is 67.9 Å². The van der Waals surface area contributed by atoms with Crippen molar-refractivity contribution in [3.8, 4) is 5.75 Å². The molecule has 0 fully saturated rings. The van der Waals surface area contributed by atoms with E-state index in [0.29, 0.717) is 24.7 Å². The van der Waals surface area contributed by atoms with Crippen molar-refractivity contribution in [2.75, 3.05) is 20.3 Å². The number of hydrogen-bond donors (Lipinski definition) is 1. The molecule has 0 unspecified atom stereocenters. The smallest absolute Gasteiger partial charge is 0.407 e. The number of carbonyl (C=O) groups excluding carboxylic acids is 2. The quantitative estimate of drug-likeness (QED) is 0.904. The normalized spacial score (nSPS) is 15.3. The van der Waals surface area contributed by atoms with Gasteiger partial charge in [0, 0.05) is 17.1 Å². The van der Waals surface area contributed by atoms with Crippen molar-refractivity contribution in [2.45, 2.75) is 19.5 Å². The number of fused-ring (bicyclic) bond motifs is 1. The van der Waals surface area contributed by atoms with Crippen LogP contribution in [0.25, 0.3) is 0 Å². The molecule has 1 N–H and O–H groups in total. The molecule has 0 saturated carbocycles. The molecule has 114 valence electrons. The highest BCUT2D eigenvalue weighted by atomic mass is 35.5. The highest BCUT2D eigenvalue weighted by molar-refractivity contribution is 6.30. The van der Waals surface area contributed by atoms with Crippen LogP contribution in [0.4, 0.5) is 4.79 Å².